The SMILES string of the molecule is CCNC(=NCCSc1ccc(Cl)cc1)NC1CCN(C(C)C)CC1. The lowest BCUT2D eigenvalue weighted by atomic mass is 10.0. The summed E-state index contributed by atoms with van der Waals surface area (Å²) in [5.74, 6) is 1.91. The highest BCUT2D eigenvalue weighted by Crippen LogP contribution is 2.20. The van der Waals surface area contributed by atoms with Gasteiger partial charge in [-0.2, -0.15) is 0 Å². The van der Waals surface area contributed by atoms with Crippen molar-refractivity contribution in [1.82, 2.24) is 15.5 Å². The fraction of sp³-hybridized carbons (Fsp3) is 0.632. The number of halogens is 1. The summed E-state index contributed by atoms with van der Waals surface area (Å²) in [5, 5.41) is 7.76. The molecule has 0 aromatic heterocycles. The molecule has 1 fully saturated rings. The van der Waals surface area contributed by atoms with Crippen molar-refractivity contribution in [3.05, 3.63) is 29.3 Å². The minimum atomic E-state index is 0.525. The van der Waals surface area contributed by atoms with Crippen molar-refractivity contribution in [3.8, 4) is 0 Å². The number of piperidine rings is 1. The molecule has 1 saturated heterocycles. The highest BCUT2D eigenvalue weighted by Gasteiger charge is 2.21. The van der Waals surface area contributed by atoms with Crippen LogP contribution in [0, 0.1) is 0 Å². The van der Waals surface area contributed by atoms with Gasteiger partial charge in [0.2, 0.25) is 0 Å². The Kier molecular flexibility index (Phi) is 8.93. The van der Waals surface area contributed by atoms with Gasteiger partial charge in [0.05, 0.1) is 6.54 Å². The van der Waals surface area contributed by atoms with E-state index >= 15 is 0 Å². The lowest BCUT2D eigenvalue weighted by Gasteiger charge is -2.35. The third-order valence-corrected chi connectivity index (χ3v) is 5.63. The van der Waals surface area contributed by atoms with Crippen LogP contribution in [-0.4, -0.2) is 54.9 Å². The normalized spacial score (nSPS) is 17.1. The molecule has 6 heteroatoms. The first kappa shape index (κ1) is 20.4. The van der Waals surface area contributed by atoms with Gasteiger partial charge in [-0.1, -0.05) is 11.6 Å². The zero-order chi connectivity index (χ0) is 18.1. The molecule has 4 nitrogen and oxygen atoms in total. The molecule has 1 aromatic carbocycles. The van der Waals surface area contributed by atoms with Gasteiger partial charge in [0, 0.05) is 47.4 Å². The van der Waals surface area contributed by atoms with E-state index in [2.05, 4.69) is 48.4 Å². The number of guanidine groups is 1. The third-order valence-electron chi connectivity index (χ3n) is 4.39. The molecule has 1 aromatic rings. The van der Waals surface area contributed by atoms with Crippen LogP contribution in [-0.2, 0) is 0 Å². The molecule has 0 aliphatic carbocycles. The van der Waals surface area contributed by atoms with Crippen molar-refractivity contribution in [2.75, 3.05) is 31.9 Å². The fourth-order valence-corrected chi connectivity index (χ4v) is 3.80. The maximum absolute atomic E-state index is 5.92. The molecule has 0 atom stereocenters. The zero-order valence-corrected chi connectivity index (χ0v) is 17.2. The second-order valence-corrected chi connectivity index (χ2v) is 8.22. The lowest BCUT2D eigenvalue weighted by Crippen LogP contribution is -2.49. The van der Waals surface area contributed by atoms with Crippen LogP contribution in [0.5, 0.6) is 0 Å². The molecule has 0 radical (unpaired) electrons. The van der Waals surface area contributed by atoms with E-state index in [4.69, 9.17) is 16.6 Å². The molecule has 2 N–H and O–H groups in total. The summed E-state index contributed by atoms with van der Waals surface area (Å²) >= 11 is 7.73. The predicted octanol–water partition coefficient (Wildman–Crippen LogP) is 3.86. The maximum Gasteiger partial charge on any atom is 0.191 e. The zero-order valence-electron chi connectivity index (χ0n) is 15.6. The Balaban J connectivity index is 1.75. The number of aliphatic imine (C=N–C) groups is 1. The Morgan fingerprint density at radius 2 is 1.96 bits per heavy atom. The summed E-state index contributed by atoms with van der Waals surface area (Å²) in [5.41, 5.74) is 0. The summed E-state index contributed by atoms with van der Waals surface area (Å²) in [6.45, 7) is 10.7. The van der Waals surface area contributed by atoms with E-state index in [-0.39, 0.29) is 0 Å². The summed E-state index contributed by atoms with van der Waals surface area (Å²) in [4.78, 5) is 8.51. The van der Waals surface area contributed by atoms with E-state index < -0.39 is 0 Å². The number of rotatable bonds is 7. The molecule has 0 bridgehead atoms. The lowest BCUT2D eigenvalue weighted by molar-refractivity contribution is 0.167. The molecule has 0 amide bonds. The van der Waals surface area contributed by atoms with Gasteiger partial charge < -0.3 is 15.5 Å². The molecular formula is C19H31ClN4S. The number of likely N-dealkylation sites (tertiary alicyclic amines) is 1. The number of nitrogens with one attached hydrogen (secondary N) is 2. The van der Waals surface area contributed by atoms with E-state index in [0.717, 1.165) is 29.8 Å². The second-order valence-electron chi connectivity index (χ2n) is 6.61. The topological polar surface area (TPSA) is 39.7 Å². The third kappa shape index (κ3) is 7.47. The van der Waals surface area contributed by atoms with Crippen LogP contribution in [0.25, 0.3) is 0 Å². The van der Waals surface area contributed by atoms with E-state index in [1.54, 1.807) is 0 Å². The van der Waals surface area contributed by atoms with Crippen LogP contribution in [0.15, 0.2) is 34.2 Å². The van der Waals surface area contributed by atoms with E-state index in [9.17, 15) is 0 Å². The highest BCUT2D eigenvalue weighted by molar-refractivity contribution is 7.99. The van der Waals surface area contributed by atoms with Gasteiger partial charge in [0.25, 0.3) is 0 Å². The van der Waals surface area contributed by atoms with Crippen LogP contribution >= 0.6 is 23.4 Å². The molecule has 1 aliphatic heterocycles. The molecule has 140 valence electrons. The quantitative estimate of drug-likeness (QED) is 0.325. The van der Waals surface area contributed by atoms with Gasteiger partial charge in [-0.3, -0.25) is 4.99 Å². The minimum Gasteiger partial charge on any atom is -0.357 e. The van der Waals surface area contributed by atoms with Crippen LogP contribution in [0.3, 0.4) is 0 Å². The standard InChI is InChI=1S/C19H31ClN4S/c1-4-21-19(23-17-9-12-24(13-10-17)15(2)3)22-11-14-25-18-7-5-16(20)6-8-18/h5-8,15,17H,4,9-14H2,1-3H3,(H2,21,22,23). The molecule has 1 aliphatic rings. The Bertz CT molecular complexity index is 525. The fourth-order valence-electron chi connectivity index (χ4n) is 2.93. The van der Waals surface area contributed by atoms with Gasteiger partial charge in [-0.05, 0) is 57.9 Å². The minimum absolute atomic E-state index is 0.525. The Hall–Kier alpha value is -0.910. The monoisotopic (exact) mass is 382 g/mol. The van der Waals surface area contributed by atoms with Crippen molar-refractivity contribution in [3.63, 3.8) is 0 Å². The van der Waals surface area contributed by atoms with E-state index in [1.165, 1.54) is 30.8 Å². The summed E-state index contributed by atoms with van der Waals surface area (Å²) in [7, 11) is 0. The summed E-state index contributed by atoms with van der Waals surface area (Å²) in [6.07, 6.45) is 2.37. The van der Waals surface area contributed by atoms with Crippen LogP contribution in [0.1, 0.15) is 33.6 Å². The Labute approximate surface area is 161 Å². The van der Waals surface area contributed by atoms with Gasteiger partial charge in [0.1, 0.15) is 0 Å². The first-order valence-electron chi connectivity index (χ1n) is 9.25. The van der Waals surface area contributed by atoms with Crippen molar-refractivity contribution < 1.29 is 0 Å². The molecule has 1 heterocycles. The molecule has 0 spiro atoms. The first-order valence-corrected chi connectivity index (χ1v) is 10.6. The maximum atomic E-state index is 5.92. The smallest absolute Gasteiger partial charge is 0.191 e. The molecule has 0 unspecified atom stereocenters. The van der Waals surface area contributed by atoms with Crippen LogP contribution in [0.4, 0.5) is 0 Å². The van der Waals surface area contributed by atoms with Crippen LogP contribution in [0.2, 0.25) is 5.02 Å². The molecular weight excluding hydrogens is 352 g/mol. The van der Waals surface area contributed by atoms with Gasteiger partial charge >= 0.3 is 0 Å². The Morgan fingerprint density at radius 1 is 1.28 bits per heavy atom. The van der Waals surface area contributed by atoms with E-state index in [1.807, 2.05) is 23.9 Å². The highest BCUT2D eigenvalue weighted by atomic mass is 35.5. The van der Waals surface area contributed by atoms with Gasteiger partial charge in [-0.25, -0.2) is 0 Å². The summed E-state index contributed by atoms with van der Waals surface area (Å²) < 4.78 is 0. The van der Waals surface area contributed by atoms with E-state index in [0.29, 0.717) is 12.1 Å². The molecule has 2 rings (SSSR count). The van der Waals surface area contributed by atoms with Crippen LogP contribution < -0.4 is 10.6 Å². The Morgan fingerprint density at radius 3 is 2.56 bits per heavy atom. The largest absolute Gasteiger partial charge is 0.357 e. The summed E-state index contributed by atoms with van der Waals surface area (Å²) in [6, 6.07) is 9.15. The average Bonchev–Trinajstić information content (AvgIpc) is 2.61. The van der Waals surface area contributed by atoms with Gasteiger partial charge in [-0.15, -0.1) is 11.8 Å². The van der Waals surface area contributed by atoms with Crippen molar-refractivity contribution in [2.45, 2.75) is 50.6 Å². The van der Waals surface area contributed by atoms with Crippen molar-refractivity contribution in [1.29, 1.82) is 0 Å². The number of benzene rings is 1. The number of nitrogens with zero attached hydrogens (tertiary/aromatic N) is 2. The number of hydrogen-bond acceptors (Lipinski definition) is 3. The second kappa shape index (κ2) is 10.9. The van der Waals surface area contributed by atoms with Gasteiger partial charge in [0.15, 0.2) is 5.96 Å². The average molecular weight is 383 g/mol. The first-order chi connectivity index (χ1) is 12.1. The molecule has 0 saturated carbocycles. The molecule has 25 heavy (non-hydrogen) atoms. The van der Waals surface area contributed by atoms with Crippen molar-refractivity contribution in [2.24, 2.45) is 4.99 Å². The van der Waals surface area contributed by atoms with Crippen molar-refractivity contribution >= 4 is 29.3 Å². The number of thioether (sulfide) groups is 1. The number of hydrogen-bond donors (Lipinski definition) is 2. The predicted molar refractivity (Wildman–Crippen MR) is 111 cm³/mol.